The van der Waals surface area contributed by atoms with Crippen molar-refractivity contribution >= 4 is 23.2 Å². The van der Waals surface area contributed by atoms with Crippen molar-refractivity contribution in [3.63, 3.8) is 0 Å². The van der Waals surface area contributed by atoms with Gasteiger partial charge in [0.25, 0.3) is 0 Å². The standard InChI is InChI=1S/C16H15Cl2N3O2/c17-10-1-2-11(22)13(14(10)18)8-3-12-19-20-15(21(12)5-8)16-4-9(16)6-23-7-16/h1-2,8-9,22H,3-7H2/t8-,9?,16-/m1/s1. The van der Waals surface area contributed by atoms with E-state index < -0.39 is 0 Å². The van der Waals surface area contributed by atoms with Gasteiger partial charge in [-0.25, -0.2) is 0 Å². The predicted molar refractivity (Wildman–Crippen MR) is 85.2 cm³/mol. The smallest absolute Gasteiger partial charge is 0.141 e. The quantitative estimate of drug-likeness (QED) is 0.903. The fourth-order valence-electron chi connectivity index (χ4n) is 4.19. The maximum Gasteiger partial charge on any atom is 0.141 e. The van der Waals surface area contributed by atoms with Crippen LogP contribution in [-0.4, -0.2) is 33.1 Å². The number of halogens is 2. The minimum Gasteiger partial charge on any atom is -0.508 e. The van der Waals surface area contributed by atoms with Gasteiger partial charge < -0.3 is 14.4 Å². The Morgan fingerprint density at radius 3 is 2.91 bits per heavy atom. The van der Waals surface area contributed by atoms with Crippen molar-refractivity contribution in [3.05, 3.63) is 39.4 Å². The summed E-state index contributed by atoms with van der Waals surface area (Å²) in [6, 6.07) is 3.22. The topological polar surface area (TPSA) is 60.2 Å². The summed E-state index contributed by atoms with van der Waals surface area (Å²) in [5, 5.41) is 19.9. The first-order chi connectivity index (χ1) is 11.1. The lowest BCUT2D eigenvalue weighted by atomic mass is 9.96. The maximum absolute atomic E-state index is 10.2. The summed E-state index contributed by atoms with van der Waals surface area (Å²) < 4.78 is 7.79. The van der Waals surface area contributed by atoms with Crippen molar-refractivity contribution in [2.24, 2.45) is 5.92 Å². The summed E-state index contributed by atoms with van der Waals surface area (Å²) in [5.74, 6) is 2.83. The van der Waals surface area contributed by atoms with E-state index in [0.29, 0.717) is 27.9 Å². The average molecular weight is 352 g/mol. The van der Waals surface area contributed by atoms with Crippen molar-refractivity contribution in [3.8, 4) is 5.75 Å². The Bertz CT molecular complexity index is 822. The van der Waals surface area contributed by atoms with Crippen LogP contribution in [0.2, 0.25) is 10.0 Å². The van der Waals surface area contributed by atoms with Crippen LogP contribution in [0.15, 0.2) is 12.1 Å². The molecule has 3 atom stereocenters. The number of ether oxygens (including phenoxy) is 1. The van der Waals surface area contributed by atoms with Crippen molar-refractivity contribution in [2.75, 3.05) is 13.2 Å². The van der Waals surface area contributed by atoms with Gasteiger partial charge in [0.2, 0.25) is 0 Å². The van der Waals surface area contributed by atoms with Gasteiger partial charge >= 0.3 is 0 Å². The molecule has 3 aliphatic rings. The van der Waals surface area contributed by atoms with E-state index in [1.165, 1.54) is 0 Å². The predicted octanol–water partition coefficient (Wildman–Crippen LogP) is 2.92. The highest BCUT2D eigenvalue weighted by Gasteiger charge is 2.62. The maximum atomic E-state index is 10.2. The lowest BCUT2D eigenvalue weighted by Gasteiger charge is -2.16. The molecule has 7 heteroatoms. The summed E-state index contributed by atoms with van der Waals surface area (Å²) in [6.07, 6.45) is 1.85. The van der Waals surface area contributed by atoms with E-state index in [1.807, 2.05) is 0 Å². The van der Waals surface area contributed by atoms with Crippen LogP contribution in [0.3, 0.4) is 0 Å². The molecular weight excluding hydrogens is 337 g/mol. The van der Waals surface area contributed by atoms with Crippen molar-refractivity contribution < 1.29 is 9.84 Å². The Morgan fingerprint density at radius 2 is 2.17 bits per heavy atom. The van der Waals surface area contributed by atoms with Gasteiger partial charge in [-0.2, -0.15) is 0 Å². The first-order valence-corrected chi connectivity index (χ1v) is 8.53. The second-order valence-corrected chi connectivity index (χ2v) is 7.60. The van der Waals surface area contributed by atoms with E-state index in [9.17, 15) is 5.11 Å². The van der Waals surface area contributed by atoms with Crippen LogP contribution in [-0.2, 0) is 23.1 Å². The lowest BCUT2D eigenvalue weighted by molar-refractivity contribution is 0.158. The molecule has 3 heterocycles. The van der Waals surface area contributed by atoms with E-state index in [1.54, 1.807) is 12.1 Å². The zero-order valence-corrected chi connectivity index (χ0v) is 13.8. The minimum absolute atomic E-state index is 0.0698. The number of hydrogen-bond donors (Lipinski definition) is 1. The van der Waals surface area contributed by atoms with Crippen LogP contribution < -0.4 is 0 Å². The zero-order chi connectivity index (χ0) is 15.8. The molecule has 1 N–H and O–H groups in total. The van der Waals surface area contributed by atoms with Gasteiger partial charge in [-0.1, -0.05) is 23.2 Å². The first-order valence-electron chi connectivity index (χ1n) is 7.77. The molecule has 2 aromatic rings. The van der Waals surface area contributed by atoms with Crippen LogP contribution in [0.1, 0.15) is 29.6 Å². The number of benzene rings is 1. The molecule has 1 aromatic heterocycles. The number of nitrogens with zero attached hydrogens (tertiary/aromatic N) is 3. The summed E-state index contributed by atoms with van der Waals surface area (Å²) in [5.41, 5.74) is 0.781. The van der Waals surface area contributed by atoms with Gasteiger partial charge in [0.1, 0.15) is 17.4 Å². The number of fused-ring (bicyclic) bond motifs is 2. The van der Waals surface area contributed by atoms with E-state index in [-0.39, 0.29) is 17.1 Å². The van der Waals surface area contributed by atoms with Crippen LogP contribution in [0.4, 0.5) is 0 Å². The van der Waals surface area contributed by atoms with Gasteiger partial charge in [0.15, 0.2) is 0 Å². The van der Waals surface area contributed by atoms with Gasteiger partial charge in [-0.05, 0) is 24.5 Å². The number of aromatic hydroxyl groups is 1. The number of rotatable bonds is 2. The molecule has 0 radical (unpaired) electrons. The number of aromatic nitrogens is 3. The summed E-state index contributed by atoms with van der Waals surface area (Å²) >= 11 is 12.5. The van der Waals surface area contributed by atoms with Gasteiger partial charge in [-0.15, -0.1) is 10.2 Å². The second kappa shape index (κ2) is 4.62. The van der Waals surface area contributed by atoms with E-state index in [2.05, 4.69) is 14.8 Å². The average Bonchev–Trinajstić information content (AvgIpc) is 2.88. The fraction of sp³-hybridized carbons (Fsp3) is 0.500. The Hall–Kier alpha value is -1.30. The van der Waals surface area contributed by atoms with Crippen LogP contribution in [0.5, 0.6) is 5.75 Å². The van der Waals surface area contributed by atoms with Crippen molar-refractivity contribution in [1.29, 1.82) is 0 Å². The molecule has 0 amide bonds. The number of phenolic OH excluding ortho intramolecular Hbond substituents is 1. The van der Waals surface area contributed by atoms with Crippen LogP contribution in [0.25, 0.3) is 0 Å². The molecular formula is C16H15Cl2N3O2. The zero-order valence-electron chi connectivity index (χ0n) is 12.3. The van der Waals surface area contributed by atoms with Crippen LogP contribution in [0, 0.1) is 5.92 Å². The molecule has 120 valence electrons. The SMILES string of the molecule is Oc1ccc(Cl)c(Cl)c1[C@@H]1Cc2nnc([C@]34COCC3C4)n2C1. The highest BCUT2D eigenvalue weighted by atomic mass is 35.5. The molecule has 2 fully saturated rings. The molecule has 0 bridgehead atoms. The monoisotopic (exact) mass is 351 g/mol. The van der Waals surface area contributed by atoms with Gasteiger partial charge in [0.05, 0.1) is 28.7 Å². The molecule has 5 rings (SSSR count). The molecule has 5 nitrogen and oxygen atoms in total. The highest BCUT2D eigenvalue weighted by Crippen LogP contribution is 2.58. The number of hydrogen-bond acceptors (Lipinski definition) is 4. The number of phenols is 1. The Morgan fingerprint density at radius 1 is 1.30 bits per heavy atom. The molecule has 1 aromatic carbocycles. The molecule has 23 heavy (non-hydrogen) atoms. The molecule has 1 saturated carbocycles. The Kier molecular flexibility index (Phi) is 2.83. The highest BCUT2D eigenvalue weighted by molar-refractivity contribution is 6.42. The molecule has 0 spiro atoms. The summed E-state index contributed by atoms with van der Waals surface area (Å²) in [4.78, 5) is 0. The van der Waals surface area contributed by atoms with Crippen molar-refractivity contribution in [2.45, 2.75) is 30.7 Å². The van der Waals surface area contributed by atoms with Gasteiger partial charge in [-0.3, -0.25) is 0 Å². The fourth-order valence-corrected chi connectivity index (χ4v) is 4.67. The Balaban J connectivity index is 1.52. The molecule has 1 unspecified atom stereocenters. The third kappa shape index (κ3) is 1.84. The molecule has 1 aliphatic carbocycles. The molecule has 2 aliphatic heterocycles. The summed E-state index contributed by atoms with van der Waals surface area (Å²) in [7, 11) is 0. The van der Waals surface area contributed by atoms with E-state index in [4.69, 9.17) is 27.9 Å². The second-order valence-electron chi connectivity index (χ2n) is 6.82. The summed E-state index contributed by atoms with van der Waals surface area (Å²) in [6.45, 7) is 2.29. The van der Waals surface area contributed by atoms with E-state index in [0.717, 1.165) is 37.8 Å². The van der Waals surface area contributed by atoms with Crippen LogP contribution >= 0.6 is 23.2 Å². The van der Waals surface area contributed by atoms with Gasteiger partial charge in [0, 0.05) is 24.4 Å². The largest absolute Gasteiger partial charge is 0.508 e. The third-order valence-electron chi connectivity index (χ3n) is 5.53. The normalized spacial score (nSPS) is 31.2. The Labute approximate surface area is 143 Å². The van der Waals surface area contributed by atoms with Crippen molar-refractivity contribution in [1.82, 2.24) is 14.8 Å². The minimum atomic E-state index is 0.0698. The lowest BCUT2D eigenvalue weighted by Crippen LogP contribution is -2.19. The first kappa shape index (κ1) is 14.1. The van der Waals surface area contributed by atoms with E-state index >= 15 is 0 Å². The molecule has 1 saturated heterocycles. The third-order valence-corrected chi connectivity index (χ3v) is 6.35.